The Morgan fingerprint density at radius 1 is 1.25 bits per heavy atom. The largest absolute Gasteiger partial charge is 0.493 e. The summed E-state index contributed by atoms with van der Waals surface area (Å²) in [6, 6.07) is 11.4. The molecule has 32 heavy (non-hydrogen) atoms. The molecule has 1 heterocycles. The predicted octanol–water partition coefficient (Wildman–Crippen LogP) is 2.59. The van der Waals surface area contributed by atoms with E-state index in [0.29, 0.717) is 22.6 Å². The number of ether oxygens (including phenoxy) is 3. The fourth-order valence-corrected chi connectivity index (χ4v) is 4.54. The lowest BCUT2D eigenvalue weighted by Gasteiger charge is -2.45. The molecule has 9 heteroatoms. The third-order valence-electron chi connectivity index (χ3n) is 5.96. The van der Waals surface area contributed by atoms with E-state index in [4.69, 9.17) is 19.9 Å². The molecule has 0 radical (unpaired) electrons. The number of para-hydroxylation sites is 1. The van der Waals surface area contributed by atoms with E-state index in [1.54, 1.807) is 31.2 Å². The summed E-state index contributed by atoms with van der Waals surface area (Å²) in [7, 11) is 2.95. The van der Waals surface area contributed by atoms with Crippen LogP contribution >= 0.6 is 0 Å². The number of nitrogens with zero attached hydrogens (tertiary/aromatic N) is 4. The molecule has 0 aromatic heterocycles. The number of nitriles is 3. The van der Waals surface area contributed by atoms with Gasteiger partial charge in [-0.05, 0) is 18.6 Å². The molecule has 0 fully saturated rings. The Hall–Kier alpha value is -4.16. The average Bonchev–Trinajstić information content (AvgIpc) is 2.82. The first-order valence-electron chi connectivity index (χ1n) is 9.99. The molecule has 0 saturated heterocycles. The molecule has 1 unspecified atom stereocenters. The first-order chi connectivity index (χ1) is 15.4. The lowest BCUT2D eigenvalue weighted by Crippen LogP contribution is -2.49. The minimum atomic E-state index is -1.86. The Kier molecular flexibility index (Phi) is 6.27. The van der Waals surface area contributed by atoms with Crippen LogP contribution in [0.5, 0.6) is 11.5 Å². The molecule has 3 rings (SSSR count). The lowest BCUT2D eigenvalue weighted by atomic mass is 9.58. The van der Waals surface area contributed by atoms with Gasteiger partial charge in [-0.15, -0.1) is 0 Å². The van der Waals surface area contributed by atoms with Crippen molar-refractivity contribution in [1.82, 2.24) is 4.90 Å². The highest BCUT2D eigenvalue weighted by Gasteiger charge is 2.55. The zero-order chi connectivity index (χ0) is 23.5. The van der Waals surface area contributed by atoms with Crippen LogP contribution in [0.1, 0.15) is 18.4 Å². The first kappa shape index (κ1) is 22.5. The van der Waals surface area contributed by atoms with E-state index in [9.17, 15) is 20.6 Å². The normalized spacial score (nSPS) is 21.2. The molecule has 1 amide bonds. The van der Waals surface area contributed by atoms with E-state index in [1.165, 1.54) is 19.1 Å². The Morgan fingerprint density at radius 2 is 1.97 bits per heavy atom. The van der Waals surface area contributed by atoms with E-state index in [-0.39, 0.29) is 31.0 Å². The fourth-order valence-electron chi connectivity index (χ4n) is 4.54. The molecule has 2 aliphatic rings. The summed E-state index contributed by atoms with van der Waals surface area (Å²) in [5, 5.41) is 30.2. The molecule has 1 aromatic rings. The van der Waals surface area contributed by atoms with Crippen LogP contribution in [-0.2, 0) is 4.74 Å². The number of hydrogen-bond donors (Lipinski definition) is 1. The van der Waals surface area contributed by atoms with Gasteiger partial charge in [0.15, 0.2) is 16.9 Å². The highest BCUT2D eigenvalue weighted by molar-refractivity contribution is 5.70. The number of allylic oxidation sites excluding steroid dienone is 2. The van der Waals surface area contributed by atoms with Crippen LogP contribution in [0.2, 0.25) is 0 Å². The summed E-state index contributed by atoms with van der Waals surface area (Å²) in [5.74, 6) is -0.624. The number of nitrogens with two attached hydrogens (primary N) is 1. The smallest absolute Gasteiger partial charge is 0.410 e. The van der Waals surface area contributed by atoms with Gasteiger partial charge in [-0.2, -0.15) is 15.8 Å². The van der Waals surface area contributed by atoms with Gasteiger partial charge in [-0.1, -0.05) is 18.2 Å². The van der Waals surface area contributed by atoms with Gasteiger partial charge >= 0.3 is 6.09 Å². The third kappa shape index (κ3) is 3.27. The maximum absolute atomic E-state index is 12.5. The van der Waals surface area contributed by atoms with Gasteiger partial charge < -0.3 is 24.8 Å². The van der Waals surface area contributed by atoms with Crippen LogP contribution in [0.25, 0.3) is 0 Å². The maximum atomic E-state index is 12.5. The quantitative estimate of drug-likeness (QED) is 0.762. The number of amides is 1. The molecule has 1 aliphatic heterocycles. The number of carbonyl (C=O) groups is 1. The average molecular weight is 433 g/mol. The van der Waals surface area contributed by atoms with Gasteiger partial charge in [0.1, 0.15) is 6.07 Å². The minimum absolute atomic E-state index is 0.0970. The topological polar surface area (TPSA) is 145 Å². The zero-order valence-electron chi connectivity index (χ0n) is 18.1. The minimum Gasteiger partial charge on any atom is -0.493 e. The van der Waals surface area contributed by atoms with E-state index in [1.807, 2.05) is 0 Å². The monoisotopic (exact) mass is 433 g/mol. The van der Waals surface area contributed by atoms with Crippen molar-refractivity contribution in [2.45, 2.75) is 12.8 Å². The molecule has 0 spiro atoms. The fraction of sp³-hybridized carbons (Fsp3) is 0.391. The Labute approximate surface area is 186 Å². The van der Waals surface area contributed by atoms with Crippen molar-refractivity contribution in [3.63, 3.8) is 0 Å². The standard InChI is InChI=1S/C23H23N5O4/c1-4-32-22(29)28-9-8-14-16(10-24)21(27)23(12-25,13-26)19(17(14)11-28)15-6-5-7-18(30-2)20(15)31-3/h5-8,17,19H,4,9,11,27H2,1-3H3/t17?,19-/m1/s1. The zero-order valence-corrected chi connectivity index (χ0v) is 18.1. The molecule has 9 nitrogen and oxygen atoms in total. The van der Waals surface area contributed by atoms with Crippen molar-refractivity contribution in [2.75, 3.05) is 33.9 Å². The second-order valence-corrected chi connectivity index (χ2v) is 7.36. The van der Waals surface area contributed by atoms with Gasteiger partial charge in [0.25, 0.3) is 0 Å². The van der Waals surface area contributed by atoms with Gasteiger partial charge in [0, 0.05) is 30.5 Å². The van der Waals surface area contributed by atoms with Gasteiger partial charge in [-0.3, -0.25) is 0 Å². The Morgan fingerprint density at radius 3 is 2.53 bits per heavy atom. The SMILES string of the molecule is CCOC(=O)N1CC=C2C(C#N)=C(N)C(C#N)(C#N)[C@H](c3cccc(OC)c3OC)C2C1. The van der Waals surface area contributed by atoms with Crippen LogP contribution in [0, 0.1) is 45.3 Å². The summed E-state index contributed by atoms with van der Waals surface area (Å²) >= 11 is 0. The molecular formula is C23H23N5O4. The molecule has 0 bridgehead atoms. The van der Waals surface area contributed by atoms with Crippen LogP contribution in [0.3, 0.4) is 0 Å². The number of hydrogen-bond acceptors (Lipinski definition) is 8. The molecule has 2 N–H and O–H groups in total. The summed E-state index contributed by atoms with van der Waals surface area (Å²) in [6.07, 6.45) is 1.22. The molecule has 164 valence electrons. The molecular weight excluding hydrogens is 410 g/mol. The van der Waals surface area contributed by atoms with Crippen LogP contribution in [-0.4, -0.2) is 44.9 Å². The Bertz CT molecular complexity index is 1100. The predicted molar refractivity (Wildman–Crippen MR) is 113 cm³/mol. The second-order valence-electron chi connectivity index (χ2n) is 7.36. The number of methoxy groups -OCH3 is 2. The van der Waals surface area contributed by atoms with E-state index >= 15 is 0 Å². The van der Waals surface area contributed by atoms with E-state index < -0.39 is 23.3 Å². The van der Waals surface area contributed by atoms with Crippen LogP contribution in [0.4, 0.5) is 4.79 Å². The molecule has 1 aromatic carbocycles. The number of carbonyl (C=O) groups excluding carboxylic acids is 1. The van der Waals surface area contributed by atoms with E-state index in [2.05, 4.69) is 18.2 Å². The van der Waals surface area contributed by atoms with Crippen molar-refractivity contribution >= 4 is 6.09 Å². The first-order valence-corrected chi connectivity index (χ1v) is 9.99. The summed E-state index contributed by atoms with van der Waals surface area (Å²) in [6.45, 7) is 2.28. The summed E-state index contributed by atoms with van der Waals surface area (Å²) in [5.41, 5.74) is 5.58. The molecule has 1 aliphatic carbocycles. The van der Waals surface area contributed by atoms with Crippen molar-refractivity contribution in [1.29, 1.82) is 15.8 Å². The number of rotatable bonds is 4. The van der Waals surface area contributed by atoms with Crippen molar-refractivity contribution < 1.29 is 19.0 Å². The summed E-state index contributed by atoms with van der Waals surface area (Å²) in [4.78, 5) is 13.9. The summed E-state index contributed by atoms with van der Waals surface area (Å²) < 4.78 is 16.2. The number of fused-ring (bicyclic) bond motifs is 1. The van der Waals surface area contributed by atoms with Crippen molar-refractivity contribution in [3.8, 4) is 29.7 Å². The van der Waals surface area contributed by atoms with Gasteiger partial charge in [-0.25, -0.2) is 4.79 Å². The van der Waals surface area contributed by atoms with Crippen molar-refractivity contribution in [2.24, 2.45) is 17.1 Å². The molecule has 2 atom stereocenters. The van der Waals surface area contributed by atoms with Crippen LogP contribution in [0.15, 0.2) is 41.1 Å². The maximum Gasteiger partial charge on any atom is 0.410 e. The Balaban J connectivity index is 2.32. The van der Waals surface area contributed by atoms with E-state index in [0.717, 1.165) is 0 Å². The van der Waals surface area contributed by atoms with Gasteiger partial charge in [0.2, 0.25) is 0 Å². The highest BCUT2D eigenvalue weighted by Crippen LogP contribution is 2.56. The second kappa shape index (κ2) is 8.91. The third-order valence-corrected chi connectivity index (χ3v) is 5.96. The van der Waals surface area contributed by atoms with Gasteiger partial charge in [0.05, 0.1) is 44.2 Å². The van der Waals surface area contributed by atoms with Crippen molar-refractivity contribution in [3.05, 3.63) is 46.7 Å². The number of benzene rings is 1. The van der Waals surface area contributed by atoms with Crippen LogP contribution < -0.4 is 15.2 Å². The highest BCUT2D eigenvalue weighted by atomic mass is 16.6. The lowest BCUT2D eigenvalue weighted by molar-refractivity contribution is 0.0997. The molecule has 0 saturated carbocycles.